The minimum absolute atomic E-state index is 0.160. The second kappa shape index (κ2) is 6.52. The van der Waals surface area contributed by atoms with Gasteiger partial charge in [-0.3, -0.25) is 9.59 Å². The van der Waals surface area contributed by atoms with Crippen LogP contribution in [-0.2, 0) is 6.54 Å². The molecule has 0 fully saturated rings. The fourth-order valence-corrected chi connectivity index (χ4v) is 2.18. The van der Waals surface area contributed by atoms with Gasteiger partial charge in [0.15, 0.2) is 5.69 Å². The summed E-state index contributed by atoms with van der Waals surface area (Å²) < 4.78 is 1.33. The number of nitrogens with zero attached hydrogens (tertiary/aromatic N) is 2. The van der Waals surface area contributed by atoms with Crippen molar-refractivity contribution in [2.45, 2.75) is 33.7 Å². The highest BCUT2D eigenvalue weighted by Gasteiger charge is 2.15. The number of fused-ring (bicyclic) bond motifs is 1. The van der Waals surface area contributed by atoms with Gasteiger partial charge in [0.25, 0.3) is 11.5 Å². The lowest BCUT2D eigenvalue weighted by Gasteiger charge is -2.10. The molecule has 1 aromatic carbocycles. The van der Waals surface area contributed by atoms with Crippen molar-refractivity contribution in [1.29, 1.82) is 0 Å². The van der Waals surface area contributed by atoms with E-state index in [9.17, 15) is 9.59 Å². The van der Waals surface area contributed by atoms with E-state index in [1.165, 1.54) is 4.68 Å². The van der Waals surface area contributed by atoms with Crippen LogP contribution in [0.1, 0.15) is 37.7 Å². The molecule has 1 aromatic heterocycles. The summed E-state index contributed by atoms with van der Waals surface area (Å²) in [6.07, 6.45) is 0.914. The van der Waals surface area contributed by atoms with Gasteiger partial charge in [-0.1, -0.05) is 32.0 Å². The van der Waals surface area contributed by atoms with E-state index in [1.807, 2.05) is 13.0 Å². The Hall–Kier alpha value is -2.17. The molecule has 5 nitrogen and oxygen atoms in total. The van der Waals surface area contributed by atoms with E-state index in [2.05, 4.69) is 24.3 Å². The summed E-state index contributed by atoms with van der Waals surface area (Å²) in [5.41, 5.74) is 0.155. The molecule has 1 amide bonds. The third kappa shape index (κ3) is 3.29. The van der Waals surface area contributed by atoms with Crippen LogP contribution in [0.4, 0.5) is 0 Å². The third-order valence-corrected chi connectivity index (χ3v) is 3.39. The van der Waals surface area contributed by atoms with Crippen molar-refractivity contribution in [3.8, 4) is 0 Å². The van der Waals surface area contributed by atoms with E-state index in [0.717, 1.165) is 6.42 Å². The SMILES string of the molecule is CCn1nc(C(=O)NCCC(C)C)c2ccccc2c1=O. The summed E-state index contributed by atoms with van der Waals surface area (Å²) in [4.78, 5) is 24.5. The van der Waals surface area contributed by atoms with Gasteiger partial charge in [-0.05, 0) is 25.3 Å². The van der Waals surface area contributed by atoms with E-state index in [4.69, 9.17) is 0 Å². The Kier molecular flexibility index (Phi) is 4.73. The Morgan fingerprint density at radius 1 is 1.29 bits per heavy atom. The fourth-order valence-electron chi connectivity index (χ4n) is 2.18. The van der Waals surface area contributed by atoms with Crippen LogP contribution in [0, 0.1) is 5.92 Å². The maximum Gasteiger partial charge on any atom is 0.274 e. The Bertz CT molecular complexity index is 704. The molecule has 0 aliphatic heterocycles. The van der Waals surface area contributed by atoms with Crippen molar-refractivity contribution >= 4 is 16.7 Å². The predicted molar refractivity (Wildman–Crippen MR) is 83.5 cm³/mol. The number of carbonyl (C=O) groups is 1. The van der Waals surface area contributed by atoms with Gasteiger partial charge in [0.05, 0.1) is 5.39 Å². The quantitative estimate of drug-likeness (QED) is 0.917. The maximum atomic E-state index is 12.3. The standard InChI is InChI=1S/C16H21N3O2/c1-4-19-16(21)13-8-6-5-7-12(13)14(18-19)15(20)17-10-9-11(2)3/h5-8,11H,4,9-10H2,1-3H3,(H,17,20). The molecule has 2 rings (SSSR count). The summed E-state index contributed by atoms with van der Waals surface area (Å²) in [6, 6.07) is 7.10. The molecule has 0 atom stereocenters. The summed E-state index contributed by atoms with van der Waals surface area (Å²) in [6.45, 7) is 7.10. The number of aryl methyl sites for hydroxylation is 1. The molecular formula is C16H21N3O2. The molecular weight excluding hydrogens is 266 g/mol. The van der Waals surface area contributed by atoms with Crippen LogP contribution in [0.3, 0.4) is 0 Å². The lowest BCUT2D eigenvalue weighted by atomic mass is 10.1. The van der Waals surface area contributed by atoms with Gasteiger partial charge in [0.1, 0.15) is 0 Å². The van der Waals surface area contributed by atoms with Crippen LogP contribution in [0.25, 0.3) is 10.8 Å². The van der Waals surface area contributed by atoms with E-state index in [1.54, 1.807) is 18.2 Å². The fraction of sp³-hybridized carbons (Fsp3) is 0.438. The van der Waals surface area contributed by atoms with Crippen LogP contribution in [0.5, 0.6) is 0 Å². The van der Waals surface area contributed by atoms with Gasteiger partial charge in [0, 0.05) is 18.5 Å². The summed E-state index contributed by atoms with van der Waals surface area (Å²) in [7, 11) is 0. The topological polar surface area (TPSA) is 64.0 Å². The third-order valence-electron chi connectivity index (χ3n) is 3.39. The molecule has 0 unspecified atom stereocenters. The van der Waals surface area contributed by atoms with Gasteiger partial charge in [-0.25, -0.2) is 4.68 Å². The Morgan fingerprint density at radius 3 is 2.57 bits per heavy atom. The van der Waals surface area contributed by atoms with E-state index < -0.39 is 0 Å². The number of amides is 1. The molecule has 112 valence electrons. The monoisotopic (exact) mass is 287 g/mol. The highest BCUT2D eigenvalue weighted by atomic mass is 16.2. The van der Waals surface area contributed by atoms with Gasteiger partial charge in [-0.15, -0.1) is 0 Å². The van der Waals surface area contributed by atoms with Crippen molar-refractivity contribution in [2.24, 2.45) is 5.92 Å². The van der Waals surface area contributed by atoms with E-state index in [-0.39, 0.29) is 11.5 Å². The minimum atomic E-state index is -0.228. The zero-order chi connectivity index (χ0) is 15.4. The van der Waals surface area contributed by atoms with Crippen molar-refractivity contribution < 1.29 is 4.79 Å². The molecule has 1 N–H and O–H groups in total. The Labute approximate surface area is 124 Å². The highest BCUT2D eigenvalue weighted by Crippen LogP contribution is 2.13. The van der Waals surface area contributed by atoms with Crippen molar-refractivity contribution in [3.05, 3.63) is 40.3 Å². The summed E-state index contributed by atoms with van der Waals surface area (Å²) >= 11 is 0. The smallest absolute Gasteiger partial charge is 0.274 e. The molecule has 1 heterocycles. The second-order valence-electron chi connectivity index (χ2n) is 5.45. The lowest BCUT2D eigenvalue weighted by Crippen LogP contribution is -2.31. The molecule has 2 aromatic rings. The first-order valence-corrected chi connectivity index (χ1v) is 7.32. The Morgan fingerprint density at radius 2 is 1.95 bits per heavy atom. The molecule has 0 aliphatic carbocycles. The molecule has 0 spiro atoms. The number of carbonyl (C=O) groups excluding carboxylic acids is 1. The second-order valence-corrected chi connectivity index (χ2v) is 5.45. The maximum absolute atomic E-state index is 12.3. The normalized spacial score (nSPS) is 11.0. The first-order valence-electron chi connectivity index (χ1n) is 7.32. The Balaban J connectivity index is 2.41. The molecule has 21 heavy (non-hydrogen) atoms. The average molecular weight is 287 g/mol. The van der Waals surface area contributed by atoms with Crippen LogP contribution in [-0.4, -0.2) is 22.2 Å². The van der Waals surface area contributed by atoms with Crippen LogP contribution >= 0.6 is 0 Å². The first-order chi connectivity index (χ1) is 10.0. The minimum Gasteiger partial charge on any atom is -0.351 e. The molecule has 0 bridgehead atoms. The molecule has 0 aliphatic rings. The van der Waals surface area contributed by atoms with Crippen LogP contribution in [0.15, 0.2) is 29.1 Å². The number of rotatable bonds is 5. The van der Waals surface area contributed by atoms with Crippen molar-refractivity contribution in [2.75, 3.05) is 6.54 Å². The zero-order valence-corrected chi connectivity index (χ0v) is 12.7. The highest BCUT2D eigenvalue weighted by molar-refractivity contribution is 6.04. The van der Waals surface area contributed by atoms with Crippen LogP contribution in [0.2, 0.25) is 0 Å². The average Bonchev–Trinajstić information content (AvgIpc) is 2.47. The number of nitrogens with one attached hydrogen (secondary N) is 1. The van der Waals surface area contributed by atoms with Gasteiger partial charge in [0.2, 0.25) is 0 Å². The van der Waals surface area contributed by atoms with Crippen LogP contribution < -0.4 is 10.9 Å². The largest absolute Gasteiger partial charge is 0.351 e. The molecule has 0 radical (unpaired) electrons. The molecule has 5 heteroatoms. The summed E-state index contributed by atoms with van der Waals surface area (Å²) in [5.74, 6) is 0.300. The van der Waals surface area contributed by atoms with Crippen molar-refractivity contribution in [3.63, 3.8) is 0 Å². The number of hydrogen-bond donors (Lipinski definition) is 1. The molecule has 0 saturated carbocycles. The summed E-state index contributed by atoms with van der Waals surface area (Å²) in [5, 5.41) is 8.22. The van der Waals surface area contributed by atoms with Crippen molar-refractivity contribution in [1.82, 2.24) is 15.1 Å². The van der Waals surface area contributed by atoms with E-state index >= 15 is 0 Å². The number of hydrogen-bond acceptors (Lipinski definition) is 3. The van der Waals surface area contributed by atoms with Gasteiger partial charge in [-0.2, -0.15) is 5.10 Å². The number of benzene rings is 1. The number of aromatic nitrogens is 2. The predicted octanol–water partition coefficient (Wildman–Crippen LogP) is 2.19. The lowest BCUT2D eigenvalue weighted by molar-refractivity contribution is 0.0946. The van der Waals surface area contributed by atoms with Gasteiger partial charge < -0.3 is 5.32 Å². The molecule has 0 saturated heterocycles. The van der Waals surface area contributed by atoms with E-state index in [0.29, 0.717) is 35.5 Å². The zero-order valence-electron chi connectivity index (χ0n) is 12.7. The first kappa shape index (κ1) is 15.2. The van der Waals surface area contributed by atoms with Gasteiger partial charge >= 0.3 is 0 Å².